The van der Waals surface area contributed by atoms with Gasteiger partial charge in [-0.15, -0.1) is 0 Å². The van der Waals surface area contributed by atoms with E-state index in [0.29, 0.717) is 10.7 Å². The van der Waals surface area contributed by atoms with E-state index in [1.165, 1.54) is 16.9 Å². The van der Waals surface area contributed by atoms with Gasteiger partial charge in [-0.3, -0.25) is 15.2 Å². The Kier molecular flexibility index (Phi) is 2.90. The van der Waals surface area contributed by atoms with E-state index in [2.05, 4.69) is 26.6 Å². The van der Waals surface area contributed by atoms with Gasteiger partial charge >= 0.3 is 0 Å². The molecule has 4 rings (SSSR count). The number of rotatable bonds is 2. The van der Waals surface area contributed by atoms with Crippen LogP contribution < -0.4 is 5.32 Å². The normalized spacial score (nSPS) is 11.1. The summed E-state index contributed by atoms with van der Waals surface area (Å²) in [6, 6.07) is 11.6. The van der Waals surface area contributed by atoms with Crippen LogP contribution in [-0.4, -0.2) is 21.1 Å². The zero-order valence-electron chi connectivity index (χ0n) is 11.8. The van der Waals surface area contributed by atoms with Gasteiger partial charge in [0.2, 0.25) is 0 Å². The fourth-order valence-corrected chi connectivity index (χ4v) is 3.37. The molecule has 0 aliphatic rings. The number of aromatic nitrogens is 3. The number of hydrogen-bond donors (Lipinski definition) is 2. The second kappa shape index (κ2) is 4.92. The number of amides is 1. The SMILES string of the molecule is Cc1ccc2nc(NC(=O)c3cccc4cn[nH]c34)sc2c1. The topological polar surface area (TPSA) is 70.7 Å². The van der Waals surface area contributed by atoms with E-state index in [-0.39, 0.29) is 5.91 Å². The Morgan fingerprint density at radius 2 is 2.18 bits per heavy atom. The molecule has 2 N–H and O–H groups in total. The van der Waals surface area contributed by atoms with Gasteiger partial charge in [0.15, 0.2) is 5.13 Å². The van der Waals surface area contributed by atoms with Gasteiger partial charge in [0, 0.05) is 5.39 Å². The van der Waals surface area contributed by atoms with Crippen LogP contribution in [0.25, 0.3) is 21.1 Å². The number of aryl methyl sites for hydroxylation is 1. The van der Waals surface area contributed by atoms with Crippen molar-refractivity contribution in [3.8, 4) is 0 Å². The summed E-state index contributed by atoms with van der Waals surface area (Å²) >= 11 is 1.47. The fraction of sp³-hybridized carbons (Fsp3) is 0.0625. The third-order valence-corrected chi connectivity index (χ3v) is 4.42. The monoisotopic (exact) mass is 308 g/mol. The summed E-state index contributed by atoms with van der Waals surface area (Å²) in [5.41, 5.74) is 3.37. The lowest BCUT2D eigenvalue weighted by atomic mass is 10.1. The van der Waals surface area contributed by atoms with Crippen LogP contribution in [0.2, 0.25) is 0 Å². The summed E-state index contributed by atoms with van der Waals surface area (Å²) in [5, 5.41) is 11.2. The molecule has 108 valence electrons. The summed E-state index contributed by atoms with van der Waals surface area (Å²) in [7, 11) is 0. The lowest BCUT2D eigenvalue weighted by molar-refractivity contribution is 0.102. The predicted octanol–water partition coefficient (Wildman–Crippen LogP) is 3.73. The van der Waals surface area contributed by atoms with Gasteiger partial charge in [-0.2, -0.15) is 5.10 Å². The number of carbonyl (C=O) groups is 1. The molecule has 1 amide bonds. The number of anilines is 1. The maximum absolute atomic E-state index is 12.5. The fourth-order valence-electron chi connectivity index (χ4n) is 2.41. The average Bonchev–Trinajstić information content (AvgIpc) is 3.11. The average molecular weight is 308 g/mol. The van der Waals surface area contributed by atoms with E-state index in [0.717, 1.165) is 21.1 Å². The van der Waals surface area contributed by atoms with Gasteiger partial charge in [-0.25, -0.2) is 4.98 Å². The van der Waals surface area contributed by atoms with Gasteiger partial charge in [0.05, 0.1) is 27.5 Å². The highest BCUT2D eigenvalue weighted by atomic mass is 32.1. The van der Waals surface area contributed by atoms with E-state index in [1.54, 1.807) is 12.3 Å². The summed E-state index contributed by atoms with van der Waals surface area (Å²) in [4.78, 5) is 16.9. The first-order valence-electron chi connectivity index (χ1n) is 6.81. The van der Waals surface area contributed by atoms with Crippen LogP contribution in [0.3, 0.4) is 0 Å². The van der Waals surface area contributed by atoms with Crippen LogP contribution in [-0.2, 0) is 0 Å². The molecule has 0 spiro atoms. The molecular weight excluding hydrogens is 296 g/mol. The highest BCUT2D eigenvalue weighted by molar-refractivity contribution is 7.22. The van der Waals surface area contributed by atoms with Gasteiger partial charge in [0.25, 0.3) is 5.91 Å². The third kappa shape index (κ3) is 2.14. The molecule has 0 fully saturated rings. The summed E-state index contributed by atoms with van der Waals surface area (Å²) in [5.74, 6) is -0.189. The van der Waals surface area contributed by atoms with Gasteiger partial charge in [-0.1, -0.05) is 29.5 Å². The van der Waals surface area contributed by atoms with Crippen molar-refractivity contribution in [2.24, 2.45) is 0 Å². The van der Waals surface area contributed by atoms with Gasteiger partial charge < -0.3 is 0 Å². The number of H-pyrrole nitrogens is 1. The lowest BCUT2D eigenvalue weighted by Crippen LogP contribution is -2.12. The molecule has 0 saturated heterocycles. The standard InChI is InChI=1S/C16H12N4OS/c1-9-5-6-12-13(7-9)22-16(18-12)19-15(21)11-4-2-3-10-8-17-20-14(10)11/h2-8H,1H3,(H,17,20)(H,18,19,21). The maximum atomic E-state index is 12.5. The van der Waals surface area contributed by atoms with Gasteiger partial charge in [-0.05, 0) is 30.7 Å². The molecule has 0 saturated carbocycles. The van der Waals surface area contributed by atoms with Crippen LogP contribution in [0, 0.1) is 6.92 Å². The Morgan fingerprint density at radius 1 is 1.27 bits per heavy atom. The molecule has 4 aromatic rings. The molecule has 2 aromatic heterocycles. The highest BCUT2D eigenvalue weighted by Crippen LogP contribution is 2.27. The number of benzene rings is 2. The first-order chi connectivity index (χ1) is 10.7. The molecule has 0 bridgehead atoms. The van der Waals surface area contributed by atoms with Crippen LogP contribution in [0.5, 0.6) is 0 Å². The largest absolute Gasteiger partial charge is 0.298 e. The minimum atomic E-state index is -0.189. The zero-order chi connectivity index (χ0) is 15.1. The molecule has 2 heterocycles. The third-order valence-electron chi connectivity index (χ3n) is 3.49. The number of fused-ring (bicyclic) bond motifs is 2. The van der Waals surface area contributed by atoms with E-state index in [1.807, 2.05) is 31.2 Å². The minimum absolute atomic E-state index is 0.189. The Bertz CT molecular complexity index is 1000. The number of carbonyl (C=O) groups excluding carboxylic acids is 1. The van der Waals surface area contributed by atoms with E-state index < -0.39 is 0 Å². The molecular formula is C16H12N4OS. The van der Waals surface area contributed by atoms with Crippen molar-refractivity contribution in [1.82, 2.24) is 15.2 Å². The van der Waals surface area contributed by atoms with Crippen LogP contribution in [0.4, 0.5) is 5.13 Å². The number of para-hydroxylation sites is 1. The molecule has 2 aromatic carbocycles. The Morgan fingerprint density at radius 3 is 3.09 bits per heavy atom. The summed E-state index contributed by atoms with van der Waals surface area (Å²) in [6.07, 6.45) is 1.70. The number of nitrogens with one attached hydrogen (secondary N) is 2. The smallest absolute Gasteiger partial charge is 0.259 e. The molecule has 0 atom stereocenters. The number of nitrogens with zero attached hydrogens (tertiary/aromatic N) is 2. The molecule has 6 heteroatoms. The van der Waals surface area contributed by atoms with E-state index in [4.69, 9.17) is 0 Å². The number of thiazole rings is 1. The van der Waals surface area contributed by atoms with Gasteiger partial charge in [0.1, 0.15) is 0 Å². The molecule has 5 nitrogen and oxygen atoms in total. The molecule has 0 unspecified atom stereocenters. The minimum Gasteiger partial charge on any atom is -0.298 e. The second-order valence-corrected chi connectivity index (χ2v) is 6.11. The molecule has 0 aliphatic carbocycles. The van der Waals surface area contributed by atoms with Crippen molar-refractivity contribution in [2.45, 2.75) is 6.92 Å². The van der Waals surface area contributed by atoms with Crippen molar-refractivity contribution in [2.75, 3.05) is 5.32 Å². The zero-order valence-corrected chi connectivity index (χ0v) is 12.6. The lowest BCUT2D eigenvalue weighted by Gasteiger charge is -2.02. The number of aromatic amines is 1. The first-order valence-corrected chi connectivity index (χ1v) is 7.63. The molecule has 0 aliphatic heterocycles. The number of hydrogen-bond acceptors (Lipinski definition) is 4. The predicted molar refractivity (Wildman–Crippen MR) is 88.4 cm³/mol. The van der Waals surface area contributed by atoms with E-state index in [9.17, 15) is 4.79 Å². The highest BCUT2D eigenvalue weighted by Gasteiger charge is 2.13. The Balaban J connectivity index is 1.69. The quantitative estimate of drug-likeness (QED) is 0.592. The second-order valence-electron chi connectivity index (χ2n) is 5.08. The van der Waals surface area contributed by atoms with Crippen LogP contribution in [0.1, 0.15) is 15.9 Å². The van der Waals surface area contributed by atoms with Crippen molar-refractivity contribution in [3.05, 3.63) is 53.7 Å². The first kappa shape index (κ1) is 13.0. The van der Waals surface area contributed by atoms with Crippen molar-refractivity contribution < 1.29 is 4.79 Å². The van der Waals surface area contributed by atoms with Crippen molar-refractivity contribution >= 4 is 43.5 Å². The molecule has 0 radical (unpaired) electrons. The Hall–Kier alpha value is -2.73. The van der Waals surface area contributed by atoms with Crippen LogP contribution >= 0.6 is 11.3 Å². The van der Waals surface area contributed by atoms with Crippen molar-refractivity contribution in [1.29, 1.82) is 0 Å². The summed E-state index contributed by atoms with van der Waals surface area (Å²) < 4.78 is 1.06. The maximum Gasteiger partial charge on any atom is 0.259 e. The summed E-state index contributed by atoms with van der Waals surface area (Å²) in [6.45, 7) is 2.04. The van der Waals surface area contributed by atoms with E-state index >= 15 is 0 Å². The molecule has 22 heavy (non-hydrogen) atoms. The Labute approximate surface area is 130 Å². The van der Waals surface area contributed by atoms with Crippen molar-refractivity contribution in [3.63, 3.8) is 0 Å². The van der Waals surface area contributed by atoms with Crippen LogP contribution in [0.15, 0.2) is 42.6 Å².